The lowest BCUT2D eigenvalue weighted by Crippen LogP contribution is -2.37. The van der Waals surface area contributed by atoms with Crippen LogP contribution in [-0.4, -0.2) is 49.6 Å². The van der Waals surface area contributed by atoms with E-state index in [1.165, 1.54) is 6.92 Å². The minimum atomic E-state index is -0.0688. The third-order valence-corrected chi connectivity index (χ3v) is 3.19. The number of amides is 2. The zero-order valence-electron chi connectivity index (χ0n) is 14.3. The fourth-order valence-electron chi connectivity index (χ4n) is 2.00. The van der Waals surface area contributed by atoms with Crippen LogP contribution in [0.4, 0.5) is 0 Å². The van der Waals surface area contributed by atoms with Crippen molar-refractivity contribution in [2.45, 2.75) is 33.2 Å². The molecule has 0 unspecified atom stereocenters. The maximum Gasteiger partial charge on any atom is 0.221 e. The van der Waals surface area contributed by atoms with Crippen LogP contribution < -0.4 is 14.8 Å². The van der Waals surface area contributed by atoms with Gasteiger partial charge < -0.3 is 19.7 Å². The van der Waals surface area contributed by atoms with Crippen molar-refractivity contribution in [2.75, 3.05) is 26.8 Å². The molecular formula is C17H26N2O4. The first kappa shape index (κ1) is 18.8. The molecular weight excluding hydrogens is 296 g/mol. The Hall–Kier alpha value is -2.24. The third-order valence-electron chi connectivity index (χ3n) is 3.19. The van der Waals surface area contributed by atoms with Crippen LogP contribution in [0.25, 0.3) is 0 Å². The van der Waals surface area contributed by atoms with Gasteiger partial charge in [-0.1, -0.05) is 0 Å². The highest BCUT2D eigenvalue weighted by Crippen LogP contribution is 2.16. The average molecular weight is 322 g/mol. The van der Waals surface area contributed by atoms with Crippen molar-refractivity contribution in [3.63, 3.8) is 0 Å². The van der Waals surface area contributed by atoms with Crippen LogP contribution in [0.2, 0.25) is 0 Å². The molecule has 0 radical (unpaired) electrons. The van der Waals surface area contributed by atoms with Gasteiger partial charge in [0.1, 0.15) is 18.1 Å². The molecule has 0 bridgehead atoms. The van der Waals surface area contributed by atoms with Crippen molar-refractivity contribution in [3.8, 4) is 11.5 Å². The molecule has 0 aliphatic heterocycles. The summed E-state index contributed by atoms with van der Waals surface area (Å²) in [5.41, 5.74) is 0. The van der Waals surface area contributed by atoms with E-state index in [-0.39, 0.29) is 17.9 Å². The van der Waals surface area contributed by atoms with Crippen LogP contribution >= 0.6 is 0 Å². The van der Waals surface area contributed by atoms with E-state index in [2.05, 4.69) is 5.32 Å². The number of hydrogen-bond donors (Lipinski definition) is 1. The molecule has 0 heterocycles. The summed E-state index contributed by atoms with van der Waals surface area (Å²) in [6.07, 6.45) is 0.292. The standard InChI is InChI=1S/C17H26N2O4/c1-13(2)18-17(21)9-10-19(14(3)20)11-12-23-16-7-5-15(22-4)6-8-16/h5-8,13H,9-12H2,1-4H3,(H,18,21). The van der Waals surface area contributed by atoms with Crippen LogP contribution in [0.15, 0.2) is 24.3 Å². The predicted molar refractivity (Wildman–Crippen MR) is 88.6 cm³/mol. The second-order valence-corrected chi connectivity index (χ2v) is 5.50. The molecule has 2 amide bonds. The first-order valence-corrected chi connectivity index (χ1v) is 7.74. The Morgan fingerprint density at radius 2 is 1.74 bits per heavy atom. The molecule has 0 spiro atoms. The minimum absolute atomic E-state index is 0.0534. The molecule has 1 aromatic rings. The maximum atomic E-state index is 11.6. The summed E-state index contributed by atoms with van der Waals surface area (Å²) >= 11 is 0. The van der Waals surface area contributed by atoms with E-state index in [1.807, 2.05) is 38.1 Å². The number of hydrogen-bond acceptors (Lipinski definition) is 4. The number of nitrogens with one attached hydrogen (secondary N) is 1. The molecule has 0 aliphatic carbocycles. The van der Waals surface area contributed by atoms with Gasteiger partial charge in [0.05, 0.1) is 13.7 Å². The molecule has 0 atom stereocenters. The Morgan fingerprint density at radius 1 is 1.13 bits per heavy atom. The number of nitrogens with zero attached hydrogens (tertiary/aromatic N) is 1. The Labute approximate surface area is 137 Å². The lowest BCUT2D eigenvalue weighted by Gasteiger charge is -2.21. The number of rotatable bonds is 9. The van der Waals surface area contributed by atoms with E-state index in [4.69, 9.17) is 9.47 Å². The Kier molecular flexibility index (Phi) is 7.94. The number of methoxy groups -OCH3 is 1. The van der Waals surface area contributed by atoms with Crippen LogP contribution in [-0.2, 0) is 9.59 Å². The molecule has 1 N–H and O–H groups in total. The summed E-state index contributed by atoms with van der Waals surface area (Å²) in [6.45, 7) is 6.51. The molecule has 0 saturated heterocycles. The highest BCUT2D eigenvalue weighted by Gasteiger charge is 2.11. The van der Waals surface area contributed by atoms with Crippen molar-refractivity contribution in [1.82, 2.24) is 10.2 Å². The predicted octanol–water partition coefficient (Wildman–Crippen LogP) is 1.84. The molecule has 0 aliphatic rings. The molecule has 23 heavy (non-hydrogen) atoms. The van der Waals surface area contributed by atoms with Gasteiger partial charge in [0, 0.05) is 25.9 Å². The SMILES string of the molecule is COc1ccc(OCCN(CCC(=O)NC(C)C)C(C)=O)cc1. The lowest BCUT2D eigenvalue weighted by molar-refractivity contribution is -0.130. The molecule has 1 aromatic carbocycles. The molecule has 1 rings (SSSR count). The first-order chi connectivity index (χ1) is 10.9. The van der Waals surface area contributed by atoms with Crippen molar-refractivity contribution < 1.29 is 19.1 Å². The highest BCUT2D eigenvalue weighted by molar-refractivity contribution is 5.78. The summed E-state index contributed by atoms with van der Waals surface area (Å²) in [7, 11) is 1.61. The average Bonchev–Trinajstić information content (AvgIpc) is 2.50. The number of carbonyl (C=O) groups is 2. The topological polar surface area (TPSA) is 67.9 Å². The van der Waals surface area contributed by atoms with Crippen LogP contribution in [0.1, 0.15) is 27.2 Å². The lowest BCUT2D eigenvalue weighted by atomic mass is 10.3. The number of carbonyl (C=O) groups excluding carboxylic acids is 2. The van der Waals surface area contributed by atoms with Gasteiger partial charge in [-0.15, -0.1) is 0 Å². The van der Waals surface area contributed by atoms with Crippen molar-refractivity contribution in [1.29, 1.82) is 0 Å². The van der Waals surface area contributed by atoms with E-state index >= 15 is 0 Å². The molecule has 0 fully saturated rings. The van der Waals surface area contributed by atoms with E-state index < -0.39 is 0 Å². The zero-order valence-corrected chi connectivity index (χ0v) is 14.3. The van der Waals surface area contributed by atoms with E-state index in [0.29, 0.717) is 31.9 Å². The minimum Gasteiger partial charge on any atom is -0.497 e. The van der Waals surface area contributed by atoms with Gasteiger partial charge in [-0.25, -0.2) is 0 Å². The first-order valence-electron chi connectivity index (χ1n) is 7.74. The second-order valence-electron chi connectivity index (χ2n) is 5.50. The van der Waals surface area contributed by atoms with Crippen LogP contribution in [0.5, 0.6) is 11.5 Å². The largest absolute Gasteiger partial charge is 0.497 e. The fourth-order valence-corrected chi connectivity index (χ4v) is 2.00. The van der Waals surface area contributed by atoms with Crippen LogP contribution in [0.3, 0.4) is 0 Å². The van der Waals surface area contributed by atoms with Crippen molar-refractivity contribution in [3.05, 3.63) is 24.3 Å². The van der Waals surface area contributed by atoms with Crippen molar-refractivity contribution in [2.24, 2.45) is 0 Å². The van der Waals surface area contributed by atoms with Crippen molar-refractivity contribution >= 4 is 11.8 Å². The third kappa shape index (κ3) is 7.54. The summed E-state index contributed by atoms with van der Waals surface area (Å²) < 4.78 is 10.7. The smallest absolute Gasteiger partial charge is 0.221 e. The second kappa shape index (κ2) is 9.71. The van der Waals surface area contributed by atoms with Gasteiger partial charge in [-0.05, 0) is 38.1 Å². The molecule has 128 valence electrons. The number of ether oxygens (including phenoxy) is 2. The Bertz CT molecular complexity index is 500. The fraction of sp³-hybridized carbons (Fsp3) is 0.529. The number of benzene rings is 1. The van der Waals surface area contributed by atoms with E-state index in [1.54, 1.807) is 12.0 Å². The van der Waals surface area contributed by atoms with Gasteiger partial charge in [-0.3, -0.25) is 9.59 Å². The Morgan fingerprint density at radius 3 is 2.26 bits per heavy atom. The van der Waals surface area contributed by atoms with Gasteiger partial charge >= 0.3 is 0 Å². The van der Waals surface area contributed by atoms with Gasteiger partial charge in [0.2, 0.25) is 11.8 Å². The molecule has 0 aromatic heterocycles. The van der Waals surface area contributed by atoms with E-state index in [0.717, 1.165) is 5.75 Å². The maximum absolute atomic E-state index is 11.6. The quantitative estimate of drug-likeness (QED) is 0.753. The van der Waals surface area contributed by atoms with Gasteiger partial charge in [0.25, 0.3) is 0 Å². The highest BCUT2D eigenvalue weighted by atomic mass is 16.5. The monoisotopic (exact) mass is 322 g/mol. The molecule has 6 nitrogen and oxygen atoms in total. The van der Waals surface area contributed by atoms with E-state index in [9.17, 15) is 9.59 Å². The summed E-state index contributed by atoms with van der Waals surface area (Å²) in [5.74, 6) is 1.36. The van der Waals surface area contributed by atoms with Crippen LogP contribution in [0, 0.1) is 0 Å². The van der Waals surface area contributed by atoms with Gasteiger partial charge in [-0.2, -0.15) is 0 Å². The van der Waals surface area contributed by atoms with Gasteiger partial charge in [0.15, 0.2) is 0 Å². The summed E-state index contributed by atoms with van der Waals surface area (Å²) in [4.78, 5) is 24.9. The molecule has 6 heteroatoms. The Balaban J connectivity index is 2.37. The molecule has 0 saturated carbocycles. The summed E-state index contributed by atoms with van der Waals surface area (Å²) in [5, 5.41) is 2.81. The zero-order chi connectivity index (χ0) is 17.2. The summed E-state index contributed by atoms with van der Waals surface area (Å²) in [6, 6.07) is 7.36. The normalized spacial score (nSPS) is 10.3.